The number of hydrogen-bond donors (Lipinski definition) is 0. The fraction of sp³-hybridized carbons (Fsp3) is 0.250. The SMILES string of the molecule is FCc1[c]cccc1CF. The number of rotatable bonds is 2. The summed E-state index contributed by atoms with van der Waals surface area (Å²) in [6.07, 6.45) is 0. The normalized spacial score (nSPS) is 9.80. The van der Waals surface area contributed by atoms with Crippen molar-refractivity contribution in [3.63, 3.8) is 0 Å². The van der Waals surface area contributed by atoms with E-state index in [4.69, 9.17) is 0 Å². The molecule has 0 amide bonds. The lowest BCUT2D eigenvalue weighted by Gasteiger charge is -1.98. The van der Waals surface area contributed by atoms with Crippen LogP contribution in [0, 0.1) is 6.07 Å². The van der Waals surface area contributed by atoms with Crippen molar-refractivity contribution >= 4 is 0 Å². The van der Waals surface area contributed by atoms with Crippen LogP contribution in [0.15, 0.2) is 18.2 Å². The van der Waals surface area contributed by atoms with Gasteiger partial charge in [-0.05, 0) is 17.2 Å². The largest absolute Gasteiger partial charge is 0.246 e. The molecule has 1 radical (unpaired) electrons. The number of hydrogen-bond acceptors (Lipinski definition) is 0. The van der Waals surface area contributed by atoms with Crippen LogP contribution < -0.4 is 0 Å². The predicted molar refractivity (Wildman–Crippen MR) is 34.9 cm³/mol. The van der Waals surface area contributed by atoms with Gasteiger partial charge in [0.2, 0.25) is 0 Å². The van der Waals surface area contributed by atoms with Crippen LogP contribution in [-0.2, 0) is 13.3 Å². The summed E-state index contributed by atoms with van der Waals surface area (Å²) in [5.41, 5.74) is 0.718. The maximum absolute atomic E-state index is 12.0. The minimum absolute atomic E-state index is 0.324. The highest BCUT2D eigenvalue weighted by Gasteiger charge is 1.98. The van der Waals surface area contributed by atoms with E-state index in [1.54, 1.807) is 18.2 Å². The van der Waals surface area contributed by atoms with E-state index in [9.17, 15) is 8.78 Å². The first kappa shape index (κ1) is 7.19. The third-order valence-electron chi connectivity index (χ3n) is 1.32. The standard InChI is InChI=1S/C8H7F2/c9-5-7-3-1-2-4-8(7)6-10/h1-3H,5-6H2. The van der Waals surface area contributed by atoms with E-state index in [2.05, 4.69) is 6.07 Å². The van der Waals surface area contributed by atoms with E-state index in [0.717, 1.165) is 0 Å². The summed E-state index contributed by atoms with van der Waals surface area (Å²) in [5.74, 6) is 0. The van der Waals surface area contributed by atoms with Crippen LogP contribution in [0.1, 0.15) is 11.1 Å². The van der Waals surface area contributed by atoms with Gasteiger partial charge < -0.3 is 0 Å². The van der Waals surface area contributed by atoms with Gasteiger partial charge in [-0.25, -0.2) is 8.78 Å². The van der Waals surface area contributed by atoms with E-state index in [1.807, 2.05) is 0 Å². The van der Waals surface area contributed by atoms with Crippen molar-refractivity contribution < 1.29 is 8.78 Å². The maximum Gasteiger partial charge on any atom is 0.115 e. The zero-order chi connectivity index (χ0) is 7.40. The molecule has 0 aromatic heterocycles. The van der Waals surface area contributed by atoms with Gasteiger partial charge in [-0.2, -0.15) is 0 Å². The third-order valence-corrected chi connectivity index (χ3v) is 1.32. The van der Waals surface area contributed by atoms with Gasteiger partial charge in [0.15, 0.2) is 0 Å². The molecular formula is C8H7F2. The van der Waals surface area contributed by atoms with Crippen molar-refractivity contribution in [3.8, 4) is 0 Å². The Morgan fingerprint density at radius 2 is 2.10 bits per heavy atom. The summed E-state index contributed by atoms with van der Waals surface area (Å²) in [4.78, 5) is 0. The molecule has 0 bridgehead atoms. The van der Waals surface area contributed by atoms with Crippen molar-refractivity contribution in [3.05, 3.63) is 35.4 Å². The monoisotopic (exact) mass is 141 g/mol. The second kappa shape index (κ2) is 3.30. The Bertz CT molecular complexity index is 185. The van der Waals surface area contributed by atoms with E-state index in [0.29, 0.717) is 11.1 Å². The molecular weight excluding hydrogens is 134 g/mol. The first-order valence-corrected chi connectivity index (χ1v) is 2.99. The highest BCUT2D eigenvalue weighted by molar-refractivity contribution is 5.24. The molecule has 1 aromatic rings. The molecule has 0 aliphatic carbocycles. The van der Waals surface area contributed by atoms with Crippen molar-refractivity contribution in [2.75, 3.05) is 0 Å². The molecule has 0 atom stereocenters. The first-order valence-electron chi connectivity index (χ1n) is 2.99. The third kappa shape index (κ3) is 1.32. The Morgan fingerprint density at radius 1 is 1.30 bits per heavy atom. The van der Waals surface area contributed by atoms with Gasteiger partial charge in [-0.1, -0.05) is 18.2 Å². The second-order valence-electron chi connectivity index (χ2n) is 1.94. The Morgan fingerprint density at radius 3 is 2.60 bits per heavy atom. The lowest BCUT2D eigenvalue weighted by Crippen LogP contribution is -1.87. The van der Waals surface area contributed by atoms with Crippen LogP contribution >= 0.6 is 0 Å². The zero-order valence-corrected chi connectivity index (χ0v) is 5.40. The number of benzene rings is 1. The molecule has 0 heterocycles. The molecule has 1 rings (SSSR count). The summed E-state index contributed by atoms with van der Waals surface area (Å²) < 4.78 is 24.0. The van der Waals surface area contributed by atoms with Gasteiger partial charge in [-0.15, -0.1) is 0 Å². The van der Waals surface area contributed by atoms with Gasteiger partial charge in [0.25, 0.3) is 0 Å². The van der Waals surface area contributed by atoms with E-state index in [-0.39, 0.29) is 0 Å². The van der Waals surface area contributed by atoms with E-state index < -0.39 is 13.3 Å². The smallest absolute Gasteiger partial charge is 0.115 e. The first-order chi connectivity index (χ1) is 4.88. The van der Waals surface area contributed by atoms with E-state index >= 15 is 0 Å². The van der Waals surface area contributed by atoms with Crippen LogP contribution in [-0.4, -0.2) is 0 Å². The average Bonchev–Trinajstić information content (AvgIpc) is 2.04. The fourth-order valence-corrected chi connectivity index (χ4v) is 0.756. The molecule has 2 heteroatoms. The quantitative estimate of drug-likeness (QED) is 0.593. The van der Waals surface area contributed by atoms with Crippen molar-refractivity contribution in [2.24, 2.45) is 0 Å². The lowest BCUT2D eigenvalue weighted by molar-refractivity contribution is 0.454. The molecule has 0 spiro atoms. The van der Waals surface area contributed by atoms with Crippen LogP contribution in [0.3, 0.4) is 0 Å². The Labute approximate surface area is 58.5 Å². The fourth-order valence-electron chi connectivity index (χ4n) is 0.756. The van der Waals surface area contributed by atoms with Gasteiger partial charge in [0.1, 0.15) is 13.3 Å². The molecule has 1 aromatic carbocycles. The molecule has 0 unspecified atom stereocenters. The predicted octanol–water partition coefficient (Wildman–Crippen LogP) is 2.43. The summed E-state index contributed by atoms with van der Waals surface area (Å²) in [5, 5.41) is 0. The van der Waals surface area contributed by atoms with Crippen LogP contribution in [0.25, 0.3) is 0 Å². The molecule has 0 N–H and O–H groups in total. The second-order valence-corrected chi connectivity index (χ2v) is 1.94. The Kier molecular flexibility index (Phi) is 2.37. The van der Waals surface area contributed by atoms with Gasteiger partial charge in [0, 0.05) is 0 Å². The summed E-state index contributed by atoms with van der Waals surface area (Å²) in [7, 11) is 0. The molecule has 0 aliphatic rings. The van der Waals surface area contributed by atoms with E-state index in [1.165, 1.54) is 0 Å². The maximum atomic E-state index is 12.0. The minimum Gasteiger partial charge on any atom is -0.246 e. The Balaban J connectivity index is 2.96. The van der Waals surface area contributed by atoms with Crippen molar-refractivity contribution in [1.29, 1.82) is 0 Å². The summed E-state index contributed by atoms with van der Waals surface area (Å²) in [6.45, 7) is -1.25. The highest BCUT2D eigenvalue weighted by atomic mass is 19.1. The summed E-state index contributed by atoms with van der Waals surface area (Å²) in [6, 6.07) is 7.41. The topological polar surface area (TPSA) is 0 Å². The molecule has 0 saturated heterocycles. The van der Waals surface area contributed by atoms with Crippen molar-refractivity contribution in [2.45, 2.75) is 13.3 Å². The molecule has 53 valence electrons. The average molecular weight is 141 g/mol. The number of halogens is 2. The zero-order valence-electron chi connectivity index (χ0n) is 5.40. The van der Waals surface area contributed by atoms with Crippen molar-refractivity contribution in [1.82, 2.24) is 0 Å². The van der Waals surface area contributed by atoms with Gasteiger partial charge in [-0.3, -0.25) is 0 Å². The molecule has 0 fully saturated rings. The lowest BCUT2D eigenvalue weighted by atomic mass is 10.1. The Hall–Kier alpha value is -0.920. The van der Waals surface area contributed by atoms with Gasteiger partial charge >= 0.3 is 0 Å². The van der Waals surface area contributed by atoms with Crippen LogP contribution in [0.5, 0.6) is 0 Å². The highest BCUT2D eigenvalue weighted by Crippen LogP contribution is 2.09. The van der Waals surface area contributed by atoms with Crippen LogP contribution in [0.2, 0.25) is 0 Å². The molecule has 0 saturated carbocycles. The van der Waals surface area contributed by atoms with Gasteiger partial charge in [0.05, 0.1) is 0 Å². The van der Waals surface area contributed by atoms with Crippen LogP contribution in [0.4, 0.5) is 8.78 Å². The molecule has 0 aliphatic heterocycles. The molecule has 10 heavy (non-hydrogen) atoms. The number of alkyl halides is 2. The molecule has 0 nitrogen and oxygen atoms in total. The minimum atomic E-state index is -0.639. The summed E-state index contributed by atoms with van der Waals surface area (Å²) >= 11 is 0.